The fourth-order valence-electron chi connectivity index (χ4n) is 3.49. The molecular formula is C19H22N10O3S3. The van der Waals surface area contributed by atoms with E-state index in [9.17, 15) is 9.59 Å². The van der Waals surface area contributed by atoms with E-state index in [0.717, 1.165) is 27.5 Å². The van der Waals surface area contributed by atoms with Crippen LogP contribution in [0.15, 0.2) is 38.5 Å². The van der Waals surface area contributed by atoms with E-state index in [4.69, 9.17) is 22.1 Å². The van der Waals surface area contributed by atoms with Gasteiger partial charge in [-0.05, 0) is 18.6 Å². The van der Waals surface area contributed by atoms with Crippen molar-refractivity contribution in [1.29, 1.82) is 0 Å². The number of thiazole rings is 2. The third-order valence-corrected chi connectivity index (χ3v) is 7.97. The third kappa shape index (κ3) is 4.86. The maximum absolute atomic E-state index is 13.2. The topological polar surface area (TPSA) is 199 Å². The Morgan fingerprint density at radius 2 is 2.17 bits per heavy atom. The summed E-state index contributed by atoms with van der Waals surface area (Å²) in [6, 6.07) is -0.812. The van der Waals surface area contributed by atoms with E-state index in [0.29, 0.717) is 11.4 Å². The molecule has 1 fully saturated rings. The first-order valence-electron chi connectivity index (χ1n) is 10.0. The molecule has 2 aromatic heterocycles. The third-order valence-electron chi connectivity index (χ3n) is 5.09. The number of thioether (sulfide) groups is 1. The number of rotatable bonds is 8. The number of oxime groups is 1. The number of nitrogens with two attached hydrogens (primary N) is 3. The molecule has 0 unspecified atom stereocenters. The Labute approximate surface area is 212 Å². The lowest BCUT2D eigenvalue weighted by atomic mass is 10.0. The maximum Gasteiger partial charge on any atom is 0.276 e. The summed E-state index contributed by atoms with van der Waals surface area (Å²) in [4.78, 5) is 41.7. The number of β-lactam (4-membered cyclic amide) rings is 1. The summed E-state index contributed by atoms with van der Waals surface area (Å²) in [6.07, 6.45) is 3.80. The Kier molecular flexibility index (Phi) is 7.34. The minimum absolute atomic E-state index is 0.0520. The van der Waals surface area contributed by atoms with Crippen molar-refractivity contribution in [1.82, 2.24) is 25.7 Å². The molecule has 2 aliphatic heterocycles. The minimum Gasteiger partial charge on any atom is -0.398 e. The molecule has 0 aliphatic carbocycles. The summed E-state index contributed by atoms with van der Waals surface area (Å²) < 4.78 is 0. The van der Waals surface area contributed by atoms with Crippen molar-refractivity contribution in [2.75, 3.05) is 18.6 Å². The van der Waals surface area contributed by atoms with Crippen molar-refractivity contribution in [2.45, 2.75) is 18.3 Å². The van der Waals surface area contributed by atoms with E-state index in [1.807, 2.05) is 19.1 Å². The maximum atomic E-state index is 13.2. The first-order chi connectivity index (χ1) is 16.8. The number of aryl methyl sites for hydroxylation is 1. The summed E-state index contributed by atoms with van der Waals surface area (Å²) in [5, 5.41) is 11.8. The molecule has 4 heterocycles. The molecule has 16 heteroatoms. The smallest absolute Gasteiger partial charge is 0.276 e. The number of amides is 2. The summed E-state index contributed by atoms with van der Waals surface area (Å²) in [7, 11) is 1.31. The first-order valence-corrected chi connectivity index (χ1v) is 12.8. The summed E-state index contributed by atoms with van der Waals surface area (Å²) in [6.45, 7) is 1.92. The number of nitrogen functional groups attached to an aromatic ring is 1. The Morgan fingerprint density at radius 3 is 2.80 bits per heavy atom. The molecule has 4 rings (SSSR count). The second-order valence-electron chi connectivity index (χ2n) is 7.19. The largest absolute Gasteiger partial charge is 0.398 e. The van der Waals surface area contributed by atoms with E-state index in [1.54, 1.807) is 10.9 Å². The van der Waals surface area contributed by atoms with Gasteiger partial charge in [0.1, 0.15) is 24.2 Å². The fourth-order valence-corrected chi connectivity index (χ4v) is 6.05. The SMILES string of the molecule is CO/N=C(\C(=O)N[C@@H]1C(=O)N2C(C(/N)=N/NN)=C(/C=C\c3scnc3C)CS[C@H]12)c1csc(N)n1. The van der Waals surface area contributed by atoms with Gasteiger partial charge in [0.25, 0.3) is 11.8 Å². The van der Waals surface area contributed by atoms with E-state index < -0.39 is 17.3 Å². The molecule has 184 valence electrons. The highest BCUT2D eigenvalue weighted by Crippen LogP contribution is 2.41. The number of hydrogen-bond acceptors (Lipinski definition) is 13. The molecule has 2 atom stereocenters. The van der Waals surface area contributed by atoms with Crippen LogP contribution >= 0.6 is 34.4 Å². The van der Waals surface area contributed by atoms with Gasteiger partial charge in [-0.15, -0.1) is 39.5 Å². The number of nitrogens with one attached hydrogen (secondary N) is 2. The fraction of sp³-hybridized carbons (Fsp3) is 0.263. The normalized spacial score (nSPS) is 20.7. The van der Waals surface area contributed by atoms with E-state index in [-0.39, 0.29) is 28.3 Å². The number of carbonyl (C=O) groups excluding carboxylic acids is 2. The molecule has 0 aromatic carbocycles. The number of nitrogens with zero attached hydrogens (tertiary/aromatic N) is 5. The minimum atomic E-state index is -0.812. The molecule has 35 heavy (non-hydrogen) atoms. The highest BCUT2D eigenvalue weighted by molar-refractivity contribution is 8.00. The number of carbonyl (C=O) groups is 2. The van der Waals surface area contributed by atoms with Gasteiger partial charge in [0.15, 0.2) is 16.7 Å². The van der Waals surface area contributed by atoms with Gasteiger partial charge in [0.05, 0.1) is 16.9 Å². The molecule has 1 saturated heterocycles. The Balaban J connectivity index is 1.58. The molecule has 2 amide bonds. The number of fused-ring (bicyclic) bond motifs is 1. The van der Waals surface area contributed by atoms with E-state index in [1.165, 1.54) is 35.1 Å². The zero-order valence-corrected chi connectivity index (χ0v) is 21.0. The molecular weight excluding hydrogens is 512 g/mol. The van der Waals surface area contributed by atoms with Crippen molar-refractivity contribution in [3.05, 3.63) is 44.5 Å². The van der Waals surface area contributed by atoms with Crippen LogP contribution in [0.25, 0.3) is 6.08 Å². The van der Waals surface area contributed by atoms with Crippen LogP contribution in [0.3, 0.4) is 0 Å². The van der Waals surface area contributed by atoms with Crippen molar-refractivity contribution in [2.24, 2.45) is 21.8 Å². The highest BCUT2D eigenvalue weighted by Gasteiger charge is 2.53. The number of hydrazine groups is 1. The standard InChI is InChI=1S/C19H22N10O3S3/c1-8-11(35-7-23-8)4-3-9-5-33-18-13(17(31)29(18)14(9)15(20)26-28-22)25-16(30)12(27-32-2)10-6-34-19(21)24-10/h3-4,6-7,13,18,28H,5,22H2,1-2H3,(H2,20,26)(H2,21,24)(H,25,30)/b4-3-,27-12-/t13-,18-/m1/s1. The van der Waals surface area contributed by atoms with Crippen LogP contribution in [0.2, 0.25) is 0 Å². The van der Waals surface area contributed by atoms with Gasteiger partial charge in [0, 0.05) is 16.0 Å². The van der Waals surface area contributed by atoms with Gasteiger partial charge in [-0.2, -0.15) is 0 Å². The van der Waals surface area contributed by atoms with Crippen LogP contribution in [0.4, 0.5) is 5.13 Å². The van der Waals surface area contributed by atoms with Crippen LogP contribution in [0.5, 0.6) is 0 Å². The van der Waals surface area contributed by atoms with Crippen molar-refractivity contribution in [3.63, 3.8) is 0 Å². The Morgan fingerprint density at radius 1 is 1.37 bits per heavy atom. The van der Waals surface area contributed by atoms with Gasteiger partial charge in [-0.3, -0.25) is 14.5 Å². The lowest BCUT2D eigenvalue weighted by Crippen LogP contribution is -2.71. The Hall–Kier alpha value is -3.47. The number of allylic oxidation sites excluding steroid dienone is 1. The van der Waals surface area contributed by atoms with Crippen LogP contribution in [0.1, 0.15) is 16.3 Å². The van der Waals surface area contributed by atoms with E-state index >= 15 is 0 Å². The van der Waals surface area contributed by atoms with Gasteiger partial charge in [0.2, 0.25) is 0 Å². The molecule has 2 aliphatic rings. The van der Waals surface area contributed by atoms with Crippen LogP contribution < -0.4 is 28.2 Å². The number of anilines is 1. The highest BCUT2D eigenvalue weighted by atomic mass is 32.2. The zero-order valence-electron chi connectivity index (χ0n) is 18.6. The second-order valence-corrected chi connectivity index (χ2v) is 10.1. The van der Waals surface area contributed by atoms with Crippen molar-refractivity contribution >= 4 is 69.0 Å². The molecule has 0 radical (unpaired) electrons. The van der Waals surface area contributed by atoms with Gasteiger partial charge >= 0.3 is 0 Å². The Bertz CT molecular complexity index is 1260. The number of amidine groups is 1. The summed E-state index contributed by atoms with van der Waals surface area (Å²) in [5.41, 5.74) is 18.0. The lowest BCUT2D eigenvalue weighted by Gasteiger charge is -2.50. The second kappa shape index (κ2) is 10.4. The van der Waals surface area contributed by atoms with Crippen LogP contribution in [-0.2, 0) is 14.4 Å². The average Bonchev–Trinajstić information content (AvgIpc) is 3.46. The van der Waals surface area contributed by atoms with Gasteiger partial charge < -0.3 is 21.6 Å². The molecule has 13 nitrogen and oxygen atoms in total. The molecule has 0 bridgehead atoms. The number of aromatic nitrogens is 2. The summed E-state index contributed by atoms with van der Waals surface area (Å²) >= 11 is 4.15. The van der Waals surface area contributed by atoms with E-state index in [2.05, 4.69) is 31.1 Å². The van der Waals surface area contributed by atoms with Crippen molar-refractivity contribution in [3.8, 4) is 0 Å². The molecule has 0 spiro atoms. The van der Waals surface area contributed by atoms with Gasteiger partial charge in [-0.25, -0.2) is 21.3 Å². The predicted molar refractivity (Wildman–Crippen MR) is 137 cm³/mol. The quantitative estimate of drug-likeness (QED) is 0.100. The first kappa shape index (κ1) is 24.6. The molecule has 0 saturated carbocycles. The number of hydrazone groups is 1. The van der Waals surface area contributed by atoms with Gasteiger partial charge in [-0.1, -0.05) is 11.2 Å². The lowest BCUT2D eigenvalue weighted by molar-refractivity contribution is -0.144. The number of hydrogen-bond donors (Lipinski definition) is 5. The molecule has 2 aromatic rings. The van der Waals surface area contributed by atoms with Crippen LogP contribution in [0, 0.1) is 6.92 Å². The monoisotopic (exact) mass is 534 g/mol. The zero-order chi connectivity index (χ0) is 25.1. The average molecular weight is 535 g/mol. The summed E-state index contributed by atoms with van der Waals surface area (Å²) in [5.74, 6) is 4.94. The molecule has 8 N–H and O–H groups in total. The predicted octanol–water partition coefficient (Wildman–Crippen LogP) is -0.0564. The van der Waals surface area contributed by atoms with Crippen molar-refractivity contribution < 1.29 is 14.4 Å². The van der Waals surface area contributed by atoms with Crippen LogP contribution in [-0.4, -0.2) is 62.5 Å².